The Hall–Kier alpha value is -0.850. The fraction of sp³-hybridized carbons (Fsp3) is 0.455. The molecule has 62 valence electrons. The molecule has 1 heteroatoms. The van der Waals surface area contributed by atoms with Gasteiger partial charge < -0.3 is 0 Å². The lowest BCUT2D eigenvalue weighted by Crippen LogP contribution is -2.55. The van der Waals surface area contributed by atoms with Gasteiger partial charge in [-0.3, -0.25) is 0 Å². The van der Waals surface area contributed by atoms with Gasteiger partial charge in [-0.2, -0.15) is 0 Å². The van der Waals surface area contributed by atoms with Crippen LogP contribution in [0.5, 0.6) is 0 Å². The topological polar surface area (TPSA) is 0 Å². The fourth-order valence-corrected chi connectivity index (χ4v) is 2.65. The van der Waals surface area contributed by atoms with Crippen molar-refractivity contribution in [3.8, 4) is 0 Å². The Morgan fingerprint density at radius 1 is 1.25 bits per heavy atom. The first kappa shape index (κ1) is 6.64. The second-order valence-corrected chi connectivity index (χ2v) is 4.27. The number of hydrogen-bond donors (Lipinski definition) is 0. The molecule has 3 fully saturated rings. The molecule has 0 amide bonds. The van der Waals surface area contributed by atoms with Gasteiger partial charge in [-0.1, -0.05) is 12.1 Å². The molecule has 0 aliphatic heterocycles. The average molecular weight is 162 g/mol. The predicted octanol–water partition coefficient (Wildman–Crippen LogP) is 2.88. The summed E-state index contributed by atoms with van der Waals surface area (Å²) in [6.07, 6.45) is 3.91. The molecular formula is C11H11F. The molecule has 0 atom stereocenters. The zero-order chi connectivity index (χ0) is 8.18. The highest BCUT2D eigenvalue weighted by atomic mass is 19.1. The summed E-state index contributed by atoms with van der Waals surface area (Å²) in [7, 11) is 0. The van der Waals surface area contributed by atoms with Gasteiger partial charge in [-0.05, 0) is 48.3 Å². The van der Waals surface area contributed by atoms with E-state index in [1.54, 1.807) is 6.07 Å². The minimum Gasteiger partial charge on any atom is -0.207 e. The highest BCUT2D eigenvalue weighted by Crippen LogP contribution is 2.65. The van der Waals surface area contributed by atoms with E-state index in [1.165, 1.54) is 30.9 Å². The van der Waals surface area contributed by atoms with Crippen molar-refractivity contribution in [2.75, 3.05) is 0 Å². The van der Waals surface area contributed by atoms with Gasteiger partial charge in [0, 0.05) is 0 Å². The van der Waals surface area contributed by atoms with E-state index in [0.717, 1.165) is 5.92 Å². The van der Waals surface area contributed by atoms with Crippen molar-refractivity contribution in [1.29, 1.82) is 0 Å². The van der Waals surface area contributed by atoms with E-state index < -0.39 is 0 Å². The molecular weight excluding hydrogens is 151 g/mol. The zero-order valence-electron chi connectivity index (χ0n) is 6.89. The van der Waals surface area contributed by atoms with Gasteiger partial charge in [-0.15, -0.1) is 0 Å². The molecule has 12 heavy (non-hydrogen) atoms. The third kappa shape index (κ3) is 0.669. The average Bonchev–Trinajstić information content (AvgIpc) is 1.79. The predicted molar refractivity (Wildman–Crippen MR) is 45.4 cm³/mol. The Bertz CT molecular complexity index is 313. The number of hydrogen-bond acceptors (Lipinski definition) is 0. The van der Waals surface area contributed by atoms with Crippen LogP contribution in [0.15, 0.2) is 24.3 Å². The van der Waals surface area contributed by atoms with Gasteiger partial charge in [0.05, 0.1) is 0 Å². The van der Waals surface area contributed by atoms with Gasteiger partial charge in [0.25, 0.3) is 0 Å². The molecule has 3 aliphatic rings. The van der Waals surface area contributed by atoms with Crippen molar-refractivity contribution in [1.82, 2.24) is 0 Å². The molecule has 0 aromatic heterocycles. The third-order valence-electron chi connectivity index (χ3n) is 3.48. The SMILES string of the molecule is Fc1cccc(C23CC(C2)C3)c1. The van der Waals surface area contributed by atoms with E-state index in [0.29, 0.717) is 5.41 Å². The first-order valence-corrected chi connectivity index (χ1v) is 4.55. The Labute approximate surface area is 71.4 Å². The summed E-state index contributed by atoms with van der Waals surface area (Å²) in [6, 6.07) is 7.12. The lowest BCUT2D eigenvalue weighted by Gasteiger charge is -2.62. The summed E-state index contributed by atoms with van der Waals surface area (Å²) in [5, 5.41) is 0. The number of benzene rings is 1. The van der Waals surface area contributed by atoms with Gasteiger partial charge in [0.2, 0.25) is 0 Å². The van der Waals surface area contributed by atoms with E-state index in [1.807, 2.05) is 6.07 Å². The van der Waals surface area contributed by atoms with Crippen LogP contribution < -0.4 is 0 Å². The van der Waals surface area contributed by atoms with Crippen LogP contribution in [0.4, 0.5) is 4.39 Å². The summed E-state index contributed by atoms with van der Waals surface area (Å²) >= 11 is 0. The maximum atomic E-state index is 12.9. The van der Waals surface area contributed by atoms with Crippen LogP contribution in [0.25, 0.3) is 0 Å². The van der Waals surface area contributed by atoms with E-state index in [9.17, 15) is 4.39 Å². The highest BCUT2D eigenvalue weighted by Gasteiger charge is 2.57. The molecule has 0 saturated heterocycles. The molecule has 0 radical (unpaired) electrons. The molecule has 0 heterocycles. The molecule has 2 bridgehead atoms. The summed E-state index contributed by atoms with van der Waals surface area (Å²) in [4.78, 5) is 0. The zero-order valence-corrected chi connectivity index (χ0v) is 6.89. The van der Waals surface area contributed by atoms with Crippen molar-refractivity contribution in [2.24, 2.45) is 5.92 Å². The van der Waals surface area contributed by atoms with Gasteiger partial charge in [0.15, 0.2) is 0 Å². The highest BCUT2D eigenvalue weighted by molar-refractivity contribution is 5.34. The van der Waals surface area contributed by atoms with Crippen LogP contribution in [0.3, 0.4) is 0 Å². The van der Waals surface area contributed by atoms with Gasteiger partial charge in [-0.25, -0.2) is 4.39 Å². The fourth-order valence-electron chi connectivity index (χ4n) is 2.65. The van der Waals surface area contributed by atoms with Crippen LogP contribution in [0.1, 0.15) is 24.8 Å². The van der Waals surface area contributed by atoms with Crippen LogP contribution in [0.2, 0.25) is 0 Å². The summed E-state index contributed by atoms with van der Waals surface area (Å²) in [5.41, 5.74) is 1.64. The van der Waals surface area contributed by atoms with Crippen molar-refractivity contribution in [2.45, 2.75) is 24.7 Å². The van der Waals surface area contributed by atoms with E-state index >= 15 is 0 Å². The number of halogens is 1. The summed E-state index contributed by atoms with van der Waals surface area (Å²) < 4.78 is 12.9. The monoisotopic (exact) mass is 162 g/mol. The molecule has 1 aromatic carbocycles. The van der Waals surface area contributed by atoms with E-state index in [4.69, 9.17) is 0 Å². The lowest BCUT2D eigenvalue weighted by molar-refractivity contribution is -0.0276. The second kappa shape index (κ2) is 1.90. The Morgan fingerprint density at radius 3 is 2.50 bits per heavy atom. The maximum absolute atomic E-state index is 12.9. The molecule has 4 rings (SSSR count). The van der Waals surface area contributed by atoms with Crippen LogP contribution in [0, 0.1) is 11.7 Å². The van der Waals surface area contributed by atoms with Crippen LogP contribution in [-0.4, -0.2) is 0 Å². The van der Waals surface area contributed by atoms with Gasteiger partial charge in [0.1, 0.15) is 5.82 Å². The van der Waals surface area contributed by atoms with Crippen LogP contribution >= 0.6 is 0 Å². The Kier molecular flexibility index (Phi) is 1.05. The molecule has 1 aromatic rings. The van der Waals surface area contributed by atoms with Crippen molar-refractivity contribution in [3.05, 3.63) is 35.6 Å². The molecule has 0 N–H and O–H groups in total. The van der Waals surface area contributed by atoms with Gasteiger partial charge >= 0.3 is 0 Å². The minimum atomic E-state index is -0.0859. The Morgan fingerprint density at radius 2 is 2.00 bits per heavy atom. The summed E-state index contributed by atoms with van der Waals surface area (Å²) in [6.45, 7) is 0. The normalized spacial score (nSPS) is 36.9. The summed E-state index contributed by atoms with van der Waals surface area (Å²) in [5.74, 6) is 0.880. The van der Waals surface area contributed by atoms with E-state index in [-0.39, 0.29) is 5.82 Å². The smallest absolute Gasteiger partial charge is 0.123 e. The lowest BCUT2D eigenvalue weighted by atomic mass is 9.42. The van der Waals surface area contributed by atoms with Crippen molar-refractivity contribution >= 4 is 0 Å². The minimum absolute atomic E-state index is 0.0859. The van der Waals surface area contributed by atoms with Crippen LogP contribution in [-0.2, 0) is 5.41 Å². The maximum Gasteiger partial charge on any atom is 0.123 e. The molecule has 0 spiro atoms. The van der Waals surface area contributed by atoms with Crippen molar-refractivity contribution < 1.29 is 4.39 Å². The number of rotatable bonds is 1. The quantitative estimate of drug-likeness (QED) is 0.595. The largest absolute Gasteiger partial charge is 0.207 e. The molecule has 0 nitrogen and oxygen atoms in total. The molecule has 3 saturated carbocycles. The first-order valence-electron chi connectivity index (χ1n) is 4.55. The second-order valence-electron chi connectivity index (χ2n) is 4.27. The standard InChI is InChI=1S/C11H11F/c12-10-3-1-2-9(4-10)11-5-8(6-11)7-11/h1-4,8H,5-7H2. The molecule has 0 unspecified atom stereocenters. The third-order valence-corrected chi connectivity index (χ3v) is 3.48. The van der Waals surface area contributed by atoms with Crippen molar-refractivity contribution in [3.63, 3.8) is 0 Å². The Balaban J connectivity index is 2.01. The molecule has 3 aliphatic carbocycles. The van der Waals surface area contributed by atoms with E-state index in [2.05, 4.69) is 6.07 Å². The first-order chi connectivity index (χ1) is 5.78.